The van der Waals surface area contributed by atoms with Gasteiger partial charge in [-0.05, 0) is 41.2 Å². The lowest BCUT2D eigenvalue weighted by Crippen LogP contribution is -2.23. The summed E-state index contributed by atoms with van der Waals surface area (Å²) in [4.78, 5) is 23.7. The van der Waals surface area contributed by atoms with Crippen molar-refractivity contribution in [3.05, 3.63) is 40.0 Å². The van der Waals surface area contributed by atoms with Crippen molar-refractivity contribution in [3.63, 3.8) is 0 Å². The zero-order valence-corrected chi connectivity index (χ0v) is 11.0. The molecule has 4 heteroatoms. The highest BCUT2D eigenvalue weighted by molar-refractivity contribution is 6.01. The summed E-state index contributed by atoms with van der Waals surface area (Å²) >= 11 is 0. The highest BCUT2D eigenvalue weighted by Gasteiger charge is 2.30. The van der Waals surface area contributed by atoms with Crippen LogP contribution in [0.3, 0.4) is 0 Å². The first-order valence-electron chi connectivity index (χ1n) is 6.96. The standard InChI is InChI=1S/C16H14O4/c17-15-12-2-1-9-7-10-3-5-19-16(18)14(10)8-13(9)11(12)4-6-20-15/h7-8H,1-6H2. The van der Waals surface area contributed by atoms with Crippen LogP contribution in [0.4, 0.5) is 0 Å². The number of carbonyl (C=O) groups is 2. The van der Waals surface area contributed by atoms with E-state index in [9.17, 15) is 9.59 Å². The number of benzene rings is 1. The second-order valence-corrected chi connectivity index (χ2v) is 5.40. The van der Waals surface area contributed by atoms with Gasteiger partial charge in [0.2, 0.25) is 0 Å². The Morgan fingerprint density at radius 1 is 0.700 bits per heavy atom. The van der Waals surface area contributed by atoms with Crippen LogP contribution in [0.5, 0.6) is 0 Å². The summed E-state index contributed by atoms with van der Waals surface area (Å²) in [5.41, 5.74) is 5.86. The number of fused-ring (bicyclic) bond motifs is 3. The second-order valence-electron chi connectivity index (χ2n) is 5.40. The van der Waals surface area contributed by atoms with Gasteiger partial charge in [-0.3, -0.25) is 0 Å². The van der Waals surface area contributed by atoms with Crippen molar-refractivity contribution in [2.24, 2.45) is 0 Å². The van der Waals surface area contributed by atoms with Gasteiger partial charge in [0.05, 0.1) is 18.8 Å². The van der Waals surface area contributed by atoms with E-state index in [1.54, 1.807) is 0 Å². The molecule has 0 amide bonds. The molecule has 0 bridgehead atoms. The average Bonchev–Trinajstić information content (AvgIpc) is 2.46. The van der Waals surface area contributed by atoms with E-state index in [-0.39, 0.29) is 11.9 Å². The number of cyclic esters (lactones) is 2. The second kappa shape index (κ2) is 4.20. The van der Waals surface area contributed by atoms with E-state index in [4.69, 9.17) is 9.47 Å². The third-order valence-electron chi connectivity index (χ3n) is 4.32. The Hall–Kier alpha value is -2.10. The van der Waals surface area contributed by atoms with Crippen molar-refractivity contribution in [1.82, 2.24) is 0 Å². The van der Waals surface area contributed by atoms with Crippen LogP contribution < -0.4 is 0 Å². The summed E-state index contributed by atoms with van der Waals surface area (Å²) in [7, 11) is 0. The summed E-state index contributed by atoms with van der Waals surface area (Å²) in [5.74, 6) is -0.447. The van der Waals surface area contributed by atoms with E-state index in [0.717, 1.165) is 48.0 Å². The molecule has 0 fully saturated rings. The van der Waals surface area contributed by atoms with Crippen LogP contribution in [0, 0.1) is 0 Å². The van der Waals surface area contributed by atoms with E-state index >= 15 is 0 Å². The molecule has 1 aliphatic carbocycles. The van der Waals surface area contributed by atoms with Gasteiger partial charge in [-0.1, -0.05) is 6.07 Å². The van der Waals surface area contributed by atoms with Crippen molar-refractivity contribution in [3.8, 4) is 0 Å². The average molecular weight is 270 g/mol. The van der Waals surface area contributed by atoms with Crippen LogP contribution in [0.25, 0.3) is 5.57 Å². The topological polar surface area (TPSA) is 52.6 Å². The molecule has 0 saturated heterocycles. The molecule has 102 valence electrons. The molecule has 20 heavy (non-hydrogen) atoms. The Morgan fingerprint density at radius 2 is 1.45 bits per heavy atom. The fourth-order valence-corrected chi connectivity index (χ4v) is 3.33. The normalized spacial score (nSPS) is 20.6. The molecule has 0 unspecified atom stereocenters. The molecule has 2 heterocycles. The molecule has 0 radical (unpaired) electrons. The monoisotopic (exact) mass is 270 g/mol. The fourth-order valence-electron chi connectivity index (χ4n) is 3.33. The van der Waals surface area contributed by atoms with Crippen LogP contribution in [-0.4, -0.2) is 25.2 Å². The zero-order valence-electron chi connectivity index (χ0n) is 11.0. The maximum atomic E-state index is 11.9. The minimum atomic E-state index is -0.250. The first kappa shape index (κ1) is 11.7. The van der Waals surface area contributed by atoms with Gasteiger partial charge in [-0.2, -0.15) is 0 Å². The number of hydrogen-bond acceptors (Lipinski definition) is 4. The Kier molecular flexibility index (Phi) is 2.46. The lowest BCUT2D eigenvalue weighted by atomic mass is 9.80. The number of carbonyl (C=O) groups excluding carboxylic acids is 2. The minimum Gasteiger partial charge on any atom is -0.462 e. The number of ether oxygens (including phenoxy) is 2. The highest BCUT2D eigenvalue weighted by Crippen LogP contribution is 2.38. The SMILES string of the molecule is O=C1OCCC2=C1CCc1cc3c(cc12)C(=O)OCC3. The Bertz CT molecular complexity index is 669. The Labute approximate surface area is 116 Å². The third-order valence-corrected chi connectivity index (χ3v) is 4.32. The van der Waals surface area contributed by atoms with Crippen molar-refractivity contribution >= 4 is 17.5 Å². The summed E-state index contributed by atoms with van der Waals surface area (Å²) in [6.07, 6.45) is 3.10. The van der Waals surface area contributed by atoms with Gasteiger partial charge in [-0.15, -0.1) is 0 Å². The molecule has 2 aliphatic heterocycles. The third kappa shape index (κ3) is 1.60. The van der Waals surface area contributed by atoms with Crippen LogP contribution in [0.1, 0.15) is 39.9 Å². The molecule has 0 saturated carbocycles. The van der Waals surface area contributed by atoms with Gasteiger partial charge in [0, 0.05) is 18.4 Å². The maximum Gasteiger partial charge on any atom is 0.338 e. The van der Waals surface area contributed by atoms with E-state index in [1.165, 1.54) is 5.56 Å². The molecular formula is C16H14O4. The largest absolute Gasteiger partial charge is 0.462 e. The predicted molar refractivity (Wildman–Crippen MR) is 71.2 cm³/mol. The highest BCUT2D eigenvalue weighted by atomic mass is 16.5. The molecule has 0 spiro atoms. The maximum absolute atomic E-state index is 11.9. The lowest BCUT2D eigenvalue weighted by molar-refractivity contribution is -0.139. The van der Waals surface area contributed by atoms with Gasteiger partial charge in [0.25, 0.3) is 0 Å². The number of rotatable bonds is 0. The lowest BCUT2D eigenvalue weighted by Gasteiger charge is -2.28. The van der Waals surface area contributed by atoms with E-state index < -0.39 is 0 Å². The summed E-state index contributed by atoms with van der Waals surface area (Å²) < 4.78 is 10.2. The summed E-state index contributed by atoms with van der Waals surface area (Å²) in [5, 5.41) is 0. The zero-order chi connectivity index (χ0) is 13.7. The first-order chi connectivity index (χ1) is 9.74. The smallest absolute Gasteiger partial charge is 0.338 e. The predicted octanol–water partition coefficient (Wildman–Crippen LogP) is 2.05. The molecule has 0 atom stereocenters. The molecule has 0 aromatic heterocycles. The van der Waals surface area contributed by atoms with Gasteiger partial charge in [0.1, 0.15) is 0 Å². The van der Waals surface area contributed by atoms with Gasteiger partial charge in [0.15, 0.2) is 0 Å². The molecular weight excluding hydrogens is 256 g/mol. The van der Waals surface area contributed by atoms with Crippen molar-refractivity contribution in [2.75, 3.05) is 13.2 Å². The van der Waals surface area contributed by atoms with Crippen LogP contribution in [0.2, 0.25) is 0 Å². The van der Waals surface area contributed by atoms with Crippen molar-refractivity contribution < 1.29 is 19.1 Å². The number of aryl methyl sites for hydroxylation is 1. The molecule has 3 aliphatic rings. The van der Waals surface area contributed by atoms with Gasteiger partial charge < -0.3 is 9.47 Å². The van der Waals surface area contributed by atoms with E-state index in [2.05, 4.69) is 6.07 Å². The molecule has 4 rings (SSSR count). The van der Waals surface area contributed by atoms with Crippen LogP contribution in [0.15, 0.2) is 17.7 Å². The molecule has 4 nitrogen and oxygen atoms in total. The minimum absolute atomic E-state index is 0.197. The quantitative estimate of drug-likeness (QED) is 0.677. The Balaban J connectivity index is 1.91. The van der Waals surface area contributed by atoms with Crippen molar-refractivity contribution in [2.45, 2.75) is 25.7 Å². The fraction of sp³-hybridized carbons (Fsp3) is 0.375. The number of esters is 2. The first-order valence-corrected chi connectivity index (χ1v) is 6.96. The van der Waals surface area contributed by atoms with E-state index in [1.807, 2.05) is 6.07 Å². The Morgan fingerprint density at radius 3 is 2.35 bits per heavy atom. The molecule has 1 aromatic rings. The summed E-state index contributed by atoms with van der Waals surface area (Å²) in [6.45, 7) is 0.892. The molecule has 1 aromatic carbocycles. The summed E-state index contributed by atoms with van der Waals surface area (Å²) in [6, 6.07) is 4.04. The van der Waals surface area contributed by atoms with Gasteiger partial charge in [-0.25, -0.2) is 9.59 Å². The molecule has 0 N–H and O–H groups in total. The van der Waals surface area contributed by atoms with E-state index in [0.29, 0.717) is 18.8 Å². The van der Waals surface area contributed by atoms with Crippen molar-refractivity contribution in [1.29, 1.82) is 0 Å². The van der Waals surface area contributed by atoms with Gasteiger partial charge >= 0.3 is 11.9 Å². The van der Waals surface area contributed by atoms with Crippen LogP contribution in [-0.2, 0) is 27.1 Å². The number of hydrogen-bond donors (Lipinski definition) is 0. The van der Waals surface area contributed by atoms with Crippen LogP contribution >= 0.6 is 0 Å².